The van der Waals surface area contributed by atoms with E-state index in [1.54, 1.807) is 0 Å². The zero-order valence-corrected chi connectivity index (χ0v) is 10.9. The van der Waals surface area contributed by atoms with E-state index in [0.29, 0.717) is 18.9 Å². The van der Waals surface area contributed by atoms with E-state index >= 15 is 0 Å². The van der Waals surface area contributed by atoms with Crippen LogP contribution in [-0.2, 0) is 9.59 Å². The molecule has 0 aromatic rings. The van der Waals surface area contributed by atoms with Gasteiger partial charge in [0.1, 0.15) is 0 Å². The quantitative estimate of drug-likeness (QED) is 0.674. The number of hydrogen-bond acceptors (Lipinski definition) is 2. The summed E-state index contributed by atoms with van der Waals surface area (Å²) < 4.78 is 0. The van der Waals surface area contributed by atoms with Crippen molar-refractivity contribution in [1.82, 2.24) is 5.32 Å². The van der Waals surface area contributed by atoms with Gasteiger partial charge in [-0.2, -0.15) is 0 Å². The van der Waals surface area contributed by atoms with Crippen LogP contribution in [0.4, 0.5) is 0 Å². The molecular weight excluding hydrogens is 216 g/mol. The number of rotatable bonds is 8. The SMILES string of the molecule is CCC[C@H](C(N)=O)C(CC1CC1)C(=O)NCC. The monoisotopic (exact) mass is 240 g/mol. The molecule has 98 valence electrons. The lowest BCUT2D eigenvalue weighted by molar-refractivity contribution is -0.134. The van der Waals surface area contributed by atoms with Crippen LogP contribution in [0.1, 0.15) is 46.0 Å². The number of carbonyl (C=O) groups is 2. The molecule has 0 aromatic carbocycles. The second kappa shape index (κ2) is 6.62. The molecule has 2 amide bonds. The lowest BCUT2D eigenvalue weighted by Gasteiger charge is -2.23. The van der Waals surface area contributed by atoms with Gasteiger partial charge in [0.25, 0.3) is 0 Å². The van der Waals surface area contributed by atoms with E-state index in [4.69, 9.17) is 5.73 Å². The molecule has 1 aliphatic rings. The van der Waals surface area contributed by atoms with Crippen LogP contribution in [0, 0.1) is 17.8 Å². The average molecular weight is 240 g/mol. The minimum absolute atomic E-state index is 0.00310. The van der Waals surface area contributed by atoms with Gasteiger partial charge in [0, 0.05) is 18.4 Å². The van der Waals surface area contributed by atoms with Crippen molar-refractivity contribution in [2.45, 2.75) is 46.0 Å². The Kier molecular flexibility index (Phi) is 5.45. The fourth-order valence-corrected chi connectivity index (χ4v) is 2.32. The fraction of sp³-hybridized carbons (Fsp3) is 0.846. The summed E-state index contributed by atoms with van der Waals surface area (Å²) in [5, 5.41) is 2.83. The Hall–Kier alpha value is -1.06. The number of nitrogens with two attached hydrogens (primary N) is 1. The summed E-state index contributed by atoms with van der Waals surface area (Å²) in [6.07, 6.45) is 4.79. The van der Waals surface area contributed by atoms with Gasteiger partial charge < -0.3 is 11.1 Å². The van der Waals surface area contributed by atoms with Crippen LogP contribution in [0.5, 0.6) is 0 Å². The van der Waals surface area contributed by atoms with Crippen LogP contribution in [0.2, 0.25) is 0 Å². The summed E-state index contributed by atoms with van der Waals surface area (Å²) in [5.41, 5.74) is 5.43. The van der Waals surface area contributed by atoms with Gasteiger partial charge in [0.15, 0.2) is 0 Å². The summed E-state index contributed by atoms with van der Waals surface area (Å²) in [6, 6.07) is 0. The van der Waals surface area contributed by atoms with E-state index in [2.05, 4.69) is 5.32 Å². The van der Waals surface area contributed by atoms with Crippen LogP contribution >= 0.6 is 0 Å². The highest BCUT2D eigenvalue weighted by atomic mass is 16.2. The van der Waals surface area contributed by atoms with Gasteiger partial charge in [-0.1, -0.05) is 26.2 Å². The molecule has 0 spiro atoms. The minimum atomic E-state index is -0.330. The number of carbonyl (C=O) groups excluding carboxylic acids is 2. The van der Waals surface area contributed by atoms with Crippen LogP contribution in [-0.4, -0.2) is 18.4 Å². The van der Waals surface area contributed by atoms with Crippen molar-refractivity contribution in [3.8, 4) is 0 Å². The standard InChI is InChI=1S/C13H24N2O2/c1-3-5-10(12(14)16)11(8-9-6-7-9)13(17)15-4-2/h9-11H,3-8H2,1-2H3,(H2,14,16)(H,15,17)/t10-,11?/m0/s1. The molecular formula is C13H24N2O2. The van der Waals surface area contributed by atoms with E-state index < -0.39 is 0 Å². The fourth-order valence-electron chi connectivity index (χ4n) is 2.32. The van der Waals surface area contributed by atoms with Crippen LogP contribution in [0.15, 0.2) is 0 Å². The third-order valence-electron chi connectivity index (χ3n) is 3.42. The topological polar surface area (TPSA) is 72.2 Å². The molecule has 3 N–H and O–H groups in total. The van der Waals surface area contributed by atoms with Crippen LogP contribution < -0.4 is 11.1 Å². The van der Waals surface area contributed by atoms with Gasteiger partial charge >= 0.3 is 0 Å². The van der Waals surface area contributed by atoms with Gasteiger partial charge in [-0.25, -0.2) is 0 Å². The van der Waals surface area contributed by atoms with Gasteiger partial charge in [-0.3, -0.25) is 9.59 Å². The van der Waals surface area contributed by atoms with E-state index in [0.717, 1.165) is 12.8 Å². The average Bonchev–Trinajstić information content (AvgIpc) is 3.07. The smallest absolute Gasteiger partial charge is 0.223 e. The van der Waals surface area contributed by atoms with Crippen LogP contribution in [0.3, 0.4) is 0 Å². The first kappa shape index (κ1) is 14.0. The second-order valence-electron chi connectivity index (χ2n) is 4.98. The van der Waals surface area contributed by atoms with Crippen LogP contribution in [0.25, 0.3) is 0 Å². The minimum Gasteiger partial charge on any atom is -0.369 e. The van der Waals surface area contributed by atoms with Crippen molar-refractivity contribution in [2.75, 3.05) is 6.54 Å². The number of nitrogens with one attached hydrogen (secondary N) is 1. The Morgan fingerprint density at radius 3 is 2.35 bits per heavy atom. The summed E-state index contributed by atoms with van der Waals surface area (Å²) in [7, 11) is 0. The highest BCUT2D eigenvalue weighted by Gasteiger charge is 2.36. The molecule has 1 unspecified atom stereocenters. The first-order chi connectivity index (χ1) is 8.10. The zero-order chi connectivity index (χ0) is 12.8. The second-order valence-corrected chi connectivity index (χ2v) is 4.98. The first-order valence-corrected chi connectivity index (χ1v) is 6.67. The van der Waals surface area contributed by atoms with Gasteiger partial charge in [-0.15, -0.1) is 0 Å². The predicted octanol–water partition coefficient (Wildman–Crippen LogP) is 1.44. The van der Waals surface area contributed by atoms with Gasteiger partial charge in [-0.05, 0) is 25.7 Å². The van der Waals surface area contributed by atoms with Crippen molar-refractivity contribution in [1.29, 1.82) is 0 Å². The Bertz CT molecular complexity index is 275. The molecule has 4 heteroatoms. The molecule has 0 bridgehead atoms. The van der Waals surface area contributed by atoms with Crippen molar-refractivity contribution in [3.63, 3.8) is 0 Å². The highest BCUT2D eigenvalue weighted by Crippen LogP contribution is 2.38. The molecule has 0 heterocycles. The Labute approximate surface area is 103 Å². The van der Waals surface area contributed by atoms with Crippen molar-refractivity contribution in [2.24, 2.45) is 23.5 Å². The van der Waals surface area contributed by atoms with Crippen molar-refractivity contribution >= 4 is 11.8 Å². The molecule has 1 saturated carbocycles. The van der Waals surface area contributed by atoms with E-state index in [9.17, 15) is 9.59 Å². The Morgan fingerprint density at radius 2 is 1.94 bits per heavy atom. The lowest BCUT2D eigenvalue weighted by atomic mass is 9.83. The van der Waals surface area contributed by atoms with E-state index in [1.807, 2.05) is 13.8 Å². The molecule has 0 saturated heterocycles. The van der Waals surface area contributed by atoms with Gasteiger partial charge in [0.2, 0.25) is 11.8 Å². The molecule has 1 aliphatic carbocycles. The van der Waals surface area contributed by atoms with Crippen molar-refractivity contribution < 1.29 is 9.59 Å². The zero-order valence-electron chi connectivity index (χ0n) is 10.9. The third-order valence-corrected chi connectivity index (χ3v) is 3.42. The maximum atomic E-state index is 12.0. The molecule has 4 nitrogen and oxygen atoms in total. The summed E-state index contributed by atoms with van der Waals surface area (Å²) in [4.78, 5) is 23.5. The Balaban J connectivity index is 2.69. The number of primary amides is 1. The molecule has 1 rings (SSSR count). The third kappa shape index (κ3) is 4.36. The number of amides is 2. The Morgan fingerprint density at radius 1 is 1.29 bits per heavy atom. The van der Waals surface area contributed by atoms with E-state index in [-0.39, 0.29) is 23.7 Å². The highest BCUT2D eigenvalue weighted by molar-refractivity contribution is 5.86. The first-order valence-electron chi connectivity index (χ1n) is 6.67. The van der Waals surface area contributed by atoms with E-state index in [1.165, 1.54) is 12.8 Å². The van der Waals surface area contributed by atoms with Gasteiger partial charge in [0.05, 0.1) is 0 Å². The molecule has 0 aliphatic heterocycles. The maximum absolute atomic E-state index is 12.0. The molecule has 0 aromatic heterocycles. The molecule has 17 heavy (non-hydrogen) atoms. The molecule has 0 radical (unpaired) electrons. The van der Waals surface area contributed by atoms with Crippen molar-refractivity contribution in [3.05, 3.63) is 0 Å². The summed E-state index contributed by atoms with van der Waals surface area (Å²) in [6.45, 7) is 4.52. The summed E-state index contributed by atoms with van der Waals surface area (Å²) in [5.74, 6) is -0.228. The normalized spacial score (nSPS) is 18.5. The number of hydrogen-bond donors (Lipinski definition) is 2. The lowest BCUT2D eigenvalue weighted by Crippen LogP contribution is -2.40. The maximum Gasteiger partial charge on any atom is 0.223 e. The molecule has 1 fully saturated rings. The summed E-state index contributed by atoms with van der Waals surface area (Å²) >= 11 is 0. The largest absolute Gasteiger partial charge is 0.369 e. The molecule has 2 atom stereocenters. The predicted molar refractivity (Wildman–Crippen MR) is 67.1 cm³/mol.